The maximum Gasteiger partial charge on any atom is 0.257 e. The molecule has 1 aliphatic heterocycles. The number of amides is 3. The quantitative estimate of drug-likeness (QED) is 0.378. The van der Waals surface area contributed by atoms with Crippen molar-refractivity contribution in [3.8, 4) is 0 Å². The van der Waals surface area contributed by atoms with Gasteiger partial charge in [-0.3, -0.25) is 14.4 Å². The Labute approximate surface area is 204 Å². The fourth-order valence-electron chi connectivity index (χ4n) is 7.32. The summed E-state index contributed by atoms with van der Waals surface area (Å²) in [5, 5.41) is 0. The second-order valence-electron chi connectivity index (χ2n) is 11.3. The van der Waals surface area contributed by atoms with E-state index in [1.165, 1.54) is 24.2 Å². The van der Waals surface area contributed by atoms with Crippen molar-refractivity contribution in [1.29, 1.82) is 0 Å². The summed E-state index contributed by atoms with van der Waals surface area (Å²) in [5.74, 6) is 1.63. The molecule has 0 N–H and O–H groups in total. The highest BCUT2D eigenvalue weighted by Gasteiger charge is 2.59. The largest absolute Gasteiger partial charge is 0.325 e. The van der Waals surface area contributed by atoms with E-state index in [-0.39, 0.29) is 29.6 Å². The molecule has 1 heterocycles. The van der Waals surface area contributed by atoms with Crippen LogP contribution >= 0.6 is 22.6 Å². The molecule has 5 nitrogen and oxygen atoms in total. The molecule has 0 spiro atoms. The zero-order valence-corrected chi connectivity index (χ0v) is 21.4. The van der Waals surface area contributed by atoms with Crippen LogP contribution in [0.2, 0.25) is 0 Å². The van der Waals surface area contributed by atoms with Gasteiger partial charge in [-0.05, 0) is 123 Å². The smallest absolute Gasteiger partial charge is 0.257 e. The molecule has 4 bridgehead atoms. The van der Waals surface area contributed by atoms with Crippen molar-refractivity contribution in [3.05, 3.63) is 27.8 Å². The highest BCUT2D eigenvalue weighted by atomic mass is 127. The van der Waals surface area contributed by atoms with E-state index in [4.69, 9.17) is 0 Å². The highest BCUT2D eigenvalue weighted by molar-refractivity contribution is 14.1. The molecule has 172 valence electrons. The SMILES string of the molecule is CCC(C)(C)N(C(=O)C12CC3CC(CC(C3)C1)C2)C1CC(=O)N(c2ccc(I)cc2)C1=O. The Morgan fingerprint density at radius 1 is 1.06 bits per heavy atom. The first-order valence-corrected chi connectivity index (χ1v) is 13.2. The van der Waals surface area contributed by atoms with Gasteiger partial charge in [-0.15, -0.1) is 0 Å². The Morgan fingerprint density at radius 3 is 2.09 bits per heavy atom. The summed E-state index contributed by atoms with van der Waals surface area (Å²) >= 11 is 2.21. The van der Waals surface area contributed by atoms with Gasteiger partial charge in [0, 0.05) is 9.11 Å². The predicted octanol–water partition coefficient (Wildman–Crippen LogP) is 5.16. The number of nitrogens with zero attached hydrogens (tertiary/aromatic N) is 2. The van der Waals surface area contributed by atoms with Crippen LogP contribution in [-0.4, -0.2) is 34.2 Å². The third-order valence-electron chi connectivity index (χ3n) is 8.75. The number of anilines is 1. The van der Waals surface area contributed by atoms with E-state index < -0.39 is 11.6 Å². The van der Waals surface area contributed by atoms with Gasteiger partial charge < -0.3 is 4.90 Å². The third-order valence-corrected chi connectivity index (χ3v) is 9.47. The summed E-state index contributed by atoms with van der Waals surface area (Å²) in [6.07, 6.45) is 7.51. The summed E-state index contributed by atoms with van der Waals surface area (Å²) in [6, 6.07) is 6.72. The zero-order chi connectivity index (χ0) is 22.8. The van der Waals surface area contributed by atoms with Crippen LogP contribution < -0.4 is 4.90 Å². The lowest BCUT2D eigenvalue weighted by molar-refractivity contribution is -0.168. The Kier molecular flexibility index (Phi) is 5.46. The van der Waals surface area contributed by atoms with Crippen molar-refractivity contribution < 1.29 is 14.4 Å². The monoisotopic (exact) mass is 548 g/mol. The molecule has 1 aromatic rings. The number of rotatable bonds is 5. The molecule has 3 amide bonds. The summed E-state index contributed by atoms with van der Waals surface area (Å²) in [6.45, 7) is 6.17. The Hall–Kier alpha value is -1.44. The molecule has 1 atom stereocenters. The van der Waals surface area contributed by atoms with Gasteiger partial charge in [-0.1, -0.05) is 6.92 Å². The fraction of sp³-hybridized carbons (Fsp3) is 0.654. The maximum atomic E-state index is 14.4. The average molecular weight is 548 g/mol. The Bertz CT molecular complexity index is 919. The number of carbonyl (C=O) groups excluding carboxylic acids is 3. The van der Waals surface area contributed by atoms with Gasteiger partial charge in [0.2, 0.25) is 11.8 Å². The predicted molar refractivity (Wildman–Crippen MR) is 132 cm³/mol. The van der Waals surface area contributed by atoms with Crippen LogP contribution in [0.3, 0.4) is 0 Å². The molecular weight excluding hydrogens is 515 g/mol. The van der Waals surface area contributed by atoms with Gasteiger partial charge in [0.25, 0.3) is 5.91 Å². The van der Waals surface area contributed by atoms with Gasteiger partial charge in [-0.25, -0.2) is 4.90 Å². The van der Waals surface area contributed by atoms with Crippen LogP contribution in [0.1, 0.15) is 72.1 Å². The normalized spacial score (nSPS) is 33.8. The van der Waals surface area contributed by atoms with E-state index in [2.05, 4.69) is 43.4 Å². The highest BCUT2D eigenvalue weighted by Crippen LogP contribution is 2.61. The number of hydrogen-bond donors (Lipinski definition) is 0. The van der Waals surface area contributed by atoms with Crippen molar-refractivity contribution in [2.75, 3.05) is 4.90 Å². The minimum Gasteiger partial charge on any atom is -0.325 e. The molecule has 1 saturated heterocycles. The molecule has 5 aliphatic rings. The van der Waals surface area contributed by atoms with Crippen molar-refractivity contribution in [2.45, 2.75) is 83.7 Å². The van der Waals surface area contributed by atoms with E-state index in [0.29, 0.717) is 23.4 Å². The van der Waals surface area contributed by atoms with Gasteiger partial charge in [0.1, 0.15) is 6.04 Å². The minimum absolute atomic E-state index is 0.0757. The van der Waals surface area contributed by atoms with Crippen LogP contribution in [-0.2, 0) is 14.4 Å². The van der Waals surface area contributed by atoms with Crippen molar-refractivity contribution in [3.63, 3.8) is 0 Å². The number of halogens is 1. The topological polar surface area (TPSA) is 57.7 Å². The number of imide groups is 1. The fourth-order valence-corrected chi connectivity index (χ4v) is 7.68. The van der Waals surface area contributed by atoms with E-state index in [0.717, 1.165) is 29.3 Å². The molecule has 5 fully saturated rings. The summed E-state index contributed by atoms with van der Waals surface area (Å²) in [7, 11) is 0. The summed E-state index contributed by atoms with van der Waals surface area (Å²) in [5.41, 5.74) is -0.219. The van der Waals surface area contributed by atoms with Gasteiger partial charge in [-0.2, -0.15) is 0 Å². The molecular formula is C26H33IN2O3. The van der Waals surface area contributed by atoms with Crippen molar-refractivity contribution in [1.82, 2.24) is 4.90 Å². The van der Waals surface area contributed by atoms with E-state index >= 15 is 0 Å². The molecule has 1 unspecified atom stereocenters. The van der Waals surface area contributed by atoms with Crippen LogP contribution in [0.5, 0.6) is 0 Å². The molecule has 4 aliphatic carbocycles. The molecule has 32 heavy (non-hydrogen) atoms. The lowest BCUT2D eigenvalue weighted by Gasteiger charge is -2.58. The number of benzene rings is 1. The zero-order valence-electron chi connectivity index (χ0n) is 19.3. The lowest BCUT2D eigenvalue weighted by atomic mass is 9.49. The lowest BCUT2D eigenvalue weighted by Crippen LogP contribution is -2.62. The minimum atomic E-state index is -0.711. The standard InChI is InChI=1S/C26H33IN2O3/c1-4-25(2,3)29(24(32)26-13-16-9-17(14-26)11-18(10-16)15-26)21-12-22(30)28(23(21)31)20-7-5-19(27)6-8-20/h5-8,16-18,21H,4,9-15H2,1-3H3. The maximum absolute atomic E-state index is 14.4. The first-order valence-electron chi connectivity index (χ1n) is 12.1. The van der Waals surface area contributed by atoms with Gasteiger partial charge >= 0.3 is 0 Å². The molecule has 4 saturated carbocycles. The Morgan fingerprint density at radius 2 is 1.59 bits per heavy atom. The average Bonchev–Trinajstić information content (AvgIpc) is 3.01. The molecule has 0 radical (unpaired) electrons. The van der Waals surface area contributed by atoms with Crippen LogP contribution in [0.15, 0.2) is 24.3 Å². The van der Waals surface area contributed by atoms with Crippen molar-refractivity contribution >= 4 is 46.0 Å². The molecule has 0 aromatic heterocycles. The Balaban J connectivity index is 1.49. The summed E-state index contributed by atoms with van der Waals surface area (Å²) in [4.78, 5) is 44.2. The second kappa shape index (κ2) is 7.81. The van der Waals surface area contributed by atoms with E-state index in [1.807, 2.05) is 29.2 Å². The van der Waals surface area contributed by atoms with Gasteiger partial charge in [0.15, 0.2) is 0 Å². The number of carbonyl (C=O) groups is 3. The van der Waals surface area contributed by atoms with Crippen LogP contribution in [0.4, 0.5) is 5.69 Å². The van der Waals surface area contributed by atoms with Crippen molar-refractivity contribution in [2.24, 2.45) is 23.2 Å². The van der Waals surface area contributed by atoms with E-state index in [9.17, 15) is 14.4 Å². The van der Waals surface area contributed by atoms with Gasteiger partial charge in [0.05, 0.1) is 17.5 Å². The van der Waals surface area contributed by atoms with Crippen LogP contribution in [0, 0.1) is 26.7 Å². The third kappa shape index (κ3) is 3.51. The van der Waals surface area contributed by atoms with Crippen LogP contribution in [0.25, 0.3) is 0 Å². The van der Waals surface area contributed by atoms with E-state index in [1.54, 1.807) is 0 Å². The molecule has 6 heteroatoms. The molecule has 6 rings (SSSR count). The molecule has 1 aromatic carbocycles. The summed E-state index contributed by atoms with van der Waals surface area (Å²) < 4.78 is 1.05. The first kappa shape index (κ1) is 22.4. The number of hydrogen-bond acceptors (Lipinski definition) is 3. The first-order chi connectivity index (χ1) is 15.1. The second-order valence-corrected chi connectivity index (χ2v) is 12.5.